The number of aromatic nitrogens is 1. The molecule has 0 aliphatic carbocycles. The van der Waals surface area contributed by atoms with Crippen molar-refractivity contribution < 1.29 is 4.79 Å². The number of anilines is 2. The summed E-state index contributed by atoms with van der Waals surface area (Å²) in [6.45, 7) is 9.15. The van der Waals surface area contributed by atoms with Crippen molar-refractivity contribution in [3.8, 4) is 0 Å². The number of hydrogen-bond donors (Lipinski definition) is 2. The molecule has 0 spiro atoms. The van der Waals surface area contributed by atoms with Gasteiger partial charge in [-0.2, -0.15) is 0 Å². The molecule has 3 aromatic rings. The lowest BCUT2D eigenvalue weighted by Crippen LogP contribution is -2.42. The molecule has 2 atom stereocenters. The minimum Gasteiger partial charge on any atom is -0.366 e. The van der Waals surface area contributed by atoms with E-state index in [4.69, 9.17) is 12.2 Å². The molecular formula is C31H35N5OS. The van der Waals surface area contributed by atoms with Crippen molar-refractivity contribution in [1.29, 1.82) is 0 Å². The molecule has 0 saturated carbocycles. The molecule has 1 aromatic heterocycles. The number of benzene rings is 2. The zero-order chi connectivity index (χ0) is 27.0. The van der Waals surface area contributed by atoms with Gasteiger partial charge in [0.05, 0.1) is 23.3 Å². The van der Waals surface area contributed by atoms with Crippen LogP contribution in [0.15, 0.2) is 72.9 Å². The molecule has 3 heterocycles. The number of carbonyl (C=O) groups is 1. The lowest BCUT2D eigenvalue weighted by molar-refractivity contribution is -0.116. The summed E-state index contributed by atoms with van der Waals surface area (Å²) in [5.74, 6) is -0.0356. The van der Waals surface area contributed by atoms with E-state index in [0.717, 1.165) is 22.5 Å². The van der Waals surface area contributed by atoms with Crippen LogP contribution in [0.5, 0.6) is 0 Å². The molecule has 38 heavy (non-hydrogen) atoms. The number of aryl methyl sites for hydroxylation is 1. The third-order valence-electron chi connectivity index (χ3n) is 7.66. The van der Waals surface area contributed by atoms with Gasteiger partial charge in [0, 0.05) is 43.1 Å². The highest BCUT2D eigenvalue weighted by molar-refractivity contribution is 7.80. The third-order valence-corrected chi connectivity index (χ3v) is 8.01. The van der Waals surface area contributed by atoms with Crippen molar-refractivity contribution in [3.63, 3.8) is 0 Å². The zero-order valence-corrected chi connectivity index (χ0v) is 23.5. The van der Waals surface area contributed by atoms with Crippen molar-refractivity contribution in [2.24, 2.45) is 0 Å². The normalized spacial score (nSPS) is 20.0. The van der Waals surface area contributed by atoms with E-state index < -0.39 is 0 Å². The van der Waals surface area contributed by atoms with Crippen molar-refractivity contribution >= 4 is 40.2 Å². The molecule has 0 bridgehead atoms. The second-order valence-corrected chi connectivity index (χ2v) is 11.2. The lowest BCUT2D eigenvalue weighted by Gasteiger charge is -2.41. The van der Waals surface area contributed by atoms with E-state index in [2.05, 4.69) is 77.5 Å². The lowest BCUT2D eigenvalue weighted by atomic mass is 9.86. The number of rotatable bonds is 6. The molecule has 2 aliphatic heterocycles. The van der Waals surface area contributed by atoms with E-state index in [-0.39, 0.29) is 23.5 Å². The van der Waals surface area contributed by atoms with E-state index in [1.54, 1.807) is 0 Å². The van der Waals surface area contributed by atoms with Crippen molar-refractivity contribution in [2.75, 3.05) is 23.8 Å². The number of nitrogens with zero attached hydrogens (tertiary/aromatic N) is 3. The number of carbonyl (C=O) groups excluding carboxylic acids is 1. The Balaban J connectivity index is 1.45. The van der Waals surface area contributed by atoms with Gasteiger partial charge in [0.25, 0.3) is 0 Å². The molecule has 196 valence electrons. The quantitative estimate of drug-likeness (QED) is 0.384. The Labute approximate surface area is 230 Å². The number of nitrogens with one attached hydrogen (secondary N) is 2. The van der Waals surface area contributed by atoms with Crippen LogP contribution in [0.25, 0.3) is 5.57 Å². The molecule has 2 N–H and O–H groups in total. The second-order valence-electron chi connectivity index (χ2n) is 10.8. The summed E-state index contributed by atoms with van der Waals surface area (Å²) >= 11 is 5.82. The Bertz CT molecular complexity index is 1400. The fourth-order valence-corrected chi connectivity index (χ4v) is 5.87. The maximum atomic E-state index is 12.9. The maximum Gasteiger partial charge on any atom is 0.226 e. The standard InChI is InChI=1S/C31H35N5OS/c1-20-9-8-10-23(17-20)33-27(37)14-16-36-29(28(34-30(36)38)25-11-6-7-15-32-25)22-12-13-26-24(18-22)21(2)19-31(3,4)35(26)5/h6-13,15,17-19,28-29H,14,16H2,1-5H3,(H,33,37)(H,34,38)/t28-,29-/m1/s1. The molecule has 1 fully saturated rings. The Morgan fingerprint density at radius 2 is 1.92 bits per heavy atom. The summed E-state index contributed by atoms with van der Waals surface area (Å²) in [5.41, 5.74) is 7.63. The van der Waals surface area contributed by atoms with Gasteiger partial charge in [0.15, 0.2) is 5.11 Å². The molecular weight excluding hydrogens is 490 g/mol. The topological polar surface area (TPSA) is 60.5 Å². The van der Waals surface area contributed by atoms with Gasteiger partial charge in [-0.1, -0.05) is 30.3 Å². The summed E-state index contributed by atoms with van der Waals surface area (Å²) in [7, 11) is 2.14. The minimum absolute atomic E-state index is 0.0356. The molecule has 5 rings (SSSR count). The van der Waals surface area contributed by atoms with Gasteiger partial charge in [-0.3, -0.25) is 9.78 Å². The van der Waals surface area contributed by atoms with Crippen molar-refractivity contribution in [2.45, 2.75) is 51.7 Å². The predicted octanol–water partition coefficient (Wildman–Crippen LogP) is 6.02. The summed E-state index contributed by atoms with van der Waals surface area (Å²) in [6, 6.07) is 20.3. The molecule has 2 aromatic carbocycles. The monoisotopic (exact) mass is 525 g/mol. The second kappa shape index (κ2) is 10.2. The summed E-state index contributed by atoms with van der Waals surface area (Å²) in [6.07, 6.45) is 4.45. The van der Waals surface area contributed by atoms with Gasteiger partial charge in [0.1, 0.15) is 0 Å². The first-order chi connectivity index (χ1) is 18.1. The zero-order valence-electron chi connectivity index (χ0n) is 22.7. The fraction of sp³-hybridized carbons (Fsp3) is 0.323. The average molecular weight is 526 g/mol. The number of allylic oxidation sites excluding steroid dienone is 1. The molecule has 6 nitrogen and oxygen atoms in total. The van der Waals surface area contributed by atoms with E-state index in [1.165, 1.54) is 16.8 Å². The Morgan fingerprint density at radius 1 is 1.11 bits per heavy atom. The van der Waals surface area contributed by atoms with Crippen LogP contribution in [0.2, 0.25) is 0 Å². The highest BCUT2D eigenvalue weighted by atomic mass is 32.1. The number of fused-ring (bicyclic) bond motifs is 1. The first-order valence-corrected chi connectivity index (χ1v) is 13.5. The fourth-order valence-electron chi connectivity index (χ4n) is 5.54. The smallest absolute Gasteiger partial charge is 0.226 e. The van der Waals surface area contributed by atoms with Crippen LogP contribution in [-0.4, -0.2) is 40.0 Å². The Morgan fingerprint density at radius 3 is 2.66 bits per heavy atom. The minimum atomic E-state index is -0.122. The van der Waals surface area contributed by atoms with Crippen LogP contribution in [0.4, 0.5) is 11.4 Å². The van der Waals surface area contributed by atoms with E-state index >= 15 is 0 Å². The molecule has 0 radical (unpaired) electrons. The van der Waals surface area contributed by atoms with E-state index in [9.17, 15) is 4.79 Å². The van der Waals surface area contributed by atoms with Crippen LogP contribution in [0.3, 0.4) is 0 Å². The van der Waals surface area contributed by atoms with E-state index in [0.29, 0.717) is 18.1 Å². The molecule has 2 aliphatic rings. The number of thiocarbonyl (C=S) groups is 1. The molecule has 1 amide bonds. The van der Waals surface area contributed by atoms with Gasteiger partial charge in [-0.05, 0) is 93.0 Å². The molecule has 0 unspecified atom stereocenters. The van der Waals surface area contributed by atoms with Crippen molar-refractivity contribution in [1.82, 2.24) is 15.2 Å². The van der Waals surface area contributed by atoms with Crippen LogP contribution >= 0.6 is 12.2 Å². The highest BCUT2D eigenvalue weighted by Gasteiger charge is 2.40. The van der Waals surface area contributed by atoms with Gasteiger partial charge >= 0.3 is 0 Å². The molecule has 7 heteroatoms. The van der Waals surface area contributed by atoms with Gasteiger partial charge in [-0.15, -0.1) is 0 Å². The SMILES string of the molecule is CC1=CC(C)(C)N(C)c2ccc([C@@H]3[C@@H](c4ccccn4)NC(=S)N3CCC(=O)Nc3cccc(C)c3)cc21. The number of likely N-dealkylation sites (N-methyl/N-ethyl adjacent to an activating group) is 1. The first-order valence-electron chi connectivity index (χ1n) is 13.1. The maximum absolute atomic E-state index is 12.9. The van der Waals surface area contributed by atoms with Gasteiger partial charge < -0.3 is 20.4 Å². The third kappa shape index (κ3) is 5.03. The largest absolute Gasteiger partial charge is 0.366 e. The van der Waals surface area contributed by atoms with Gasteiger partial charge in [0.2, 0.25) is 5.91 Å². The van der Waals surface area contributed by atoms with Crippen LogP contribution in [-0.2, 0) is 4.79 Å². The number of pyridine rings is 1. The van der Waals surface area contributed by atoms with Gasteiger partial charge in [-0.25, -0.2) is 0 Å². The van der Waals surface area contributed by atoms with Crippen LogP contribution in [0.1, 0.15) is 61.7 Å². The van der Waals surface area contributed by atoms with Crippen LogP contribution in [0, 0.1) is 6.92 Å². The first kappa shape index (κ1) is 25.9. The number of hydrogen-bond acceptors (Lipinski definition) is 4. The summed E-state index contributed by atoms with van der Waals surface area (Å²) in [5, 5.41) is 7.16. The predicted molar refractivity (Wildman–Crippen MR) is 159 cm³/mol. The summed E-state index contributed by atoms with van der Waals surface area (Å²) < 4.78 is 0. The molecule has 1 saturated heterocycles. The Hall–Kier alpha value is -3.71. The average Bonchev–Trinajstić information content (AvgIpc) is 3.22. The Kier molecular flexibility index (Phi) is 6.97. The highest BCUT2D eigenvalue weighted by Crippen LogP contribution is 2.43. The summed E-state index contributed by atoms with van der Waals surface area (Å²) in [4.78, 5) is 22.0. The van der Waals surface area contributed by atoms with Crippen molar-refractivity contribution in [3.05, 3.63) is 95.3 Å². The van der Waals surface area contributed by atoms with E-state index in [1.807, 2.05) is 55.6 Å². The van der Waals surface area contributed by atoms with Crippen LogP contribution < -0.4 is 15.5 Å². The number of amides is 1.